The fourth-order valence-electron chi connectivity index (χ4n) is 4.69. The van der Waals surface area contributed by atoms with Crippen LogP contribution in [0.1, 0.15) is 45.6 Å². The quantitative estimate of drug-likeness (QED) is 0.560. The third-order valence-corrected chi connectivity index (χ3v) is 6.32. The summed E-state index contributed by atoms with van der Waals surface area (Å²) in [6.07, 6.45) is 5.73. The molecule has 5 nitrogen and oxygen atoms in total. The molecular weight excluding hydrogens is 398 g/mol. The van der Waals surface area contributed by atoms with Gasteiger partial charge in [-0.2, -0.15) is 0 Å². The summed E-state index contributed by atoms with van der Waals surface area (Å²) >= 11 is 0. The molecule has 1 aliphatic heterocycles. The molecule has 1 saturated heterocycles. The fraction of sp³-hybridized carbons (Fsp3) is 0.407. The van der Waals surface area contributed by atoms with Crippen LogP contribution in [-0.2, 0) is 16.1 Å². The van der Waals surface area contributed by atoms with E-state index in [1.54, 1.807) is 6.08 Å². The molecule has 0 bridgehead atoms. The molecule has 2 aromatic carbocycles. The summed E-state index contributed by atoms with van der Waals surface area (Å²) in [5, 5.41) is 5.55. The third kappa shape index (κ3) is 4.72. The van der Waals surface area contributed by atoms with Crippen LogP contribution in [0.15, 0.2) is 48.5 Å². The number of nitrogens with zero attached hydrogens (tertiary/aromatic N) is 2. The minimum atomic E-state index is -0.0759. The lowest BCUT2D eigenvalue weighted by molar-refractivity contribution is -0.133. The smallest absolute Gasteiger partial charge is 0.244 e. The van der Waals surface area contributed by atoms with Crippen molar-refractivity contribution in [2.45, 2.75) is 52.6 Å². The highest BCUT2D eigenvalue weighted by molar-refractivity contribution is 6.08. The molecule has 3 aromatic rings. The highest BCUT2D eigenvalue weighted by atomic mass is 16.2. The largest absolute Gasteiger partial charge is 0.350 e. The van der Waals surface area contributed by atoms with Crippen molar-refractivity contribution in [3.8, 4) is 0 Å². The average molecular weight is 432 g/mol. The maximum Gasteiger partial charge on any atom is 0.244 e. The summed E-state index contributed by atoms with van der Waals surface area (Å²) in [5.41, 5.74) is 3.47. The van der Waals surface area contributed by atoms with Gasteiger partial charge in [-0.1, -0.05) is 38.1 Å². The molecule has 168 valence electrons. The molecular formula is C27H33N3O2. The molecule has 0 spiro atoms. The second-order valence-corrected chi connectivity index (χ2v) is 9.13. The molecule has 1 aliphatic rings. The van der Waals surface area contributed by atoms with Crippen molar-refractivity contribution in [2.24, 2.45) is 5.92 Å². The number of fused-ring (bicyclic) bond motifs is 3. The zero-order valence-corrected chi connectivity index (χ0v) is 19.3. The van der Waals surface area contributed by atoms with E-state index in [1.807, 2.05) is 11.0 Å². The number of likely N-dealkylation sites (tertiary alicyclic amines) is 1. The Hall–Kier alpha value is -3.08. The van der Waals surface area contributed by atoms with Crippen LogP contribution in [0.2, 0.25) is 0 Å². The fourth-order valence-corrected chi connectivity index (χ4v) is 4.69. The first kappa shape index (κ1) is 22.1. The van der Waals surface area contributed by atoms with Gasteiger partial charge < -0.3 is 14.8 Å². The van der Waals surface area contributed by atoms with E-state index in [0.717, 1.165) is 38.0 Å². The summed E-state index contributed by atoms with van der Waals surface area (Å²) < 4.78 is 2.32. The van der Waals surface area contributed by atoms with Crippen molar-refractivity contribution in [2.75, 3.05) is 13.1 Å². The minimum Gasteiger partial charge on any atom is -0.350 e. The summed E-state index contributed by atoms with van der Waals surface area (Å²) in [5.74, 6) is 0.528. The van der Waals surface area contributed by atoms with Crippen LogP contribution in [0.4, 0.5) is 0 Å². The van der Waals surface area contributed by atoms with Gasteiger partial charge >= 0.3 is 0 Å². The van der Waals surface area contributed by atoms with E-state index in [4.69, 9.17) is 0 Å². The predicted octanol–water partition coefficient (Wildman–Crippen LogP) is 4.98. The Morgan fingerprint density at radius 2 is 1.78 bits per heavy atom. The second kappa shape index (κ2) is 9.60. The Kier molecular flexibility index (Phi) is 6.63. The van der Waals surface area contributed by atoms with Crippen molar-refractivity contribution in [3.05, 3.63) is 54.1 Å². The Morgan fingerprint density at radius 1 is 1.06 bits per heavy atom. The summed E-state index contributed by atoms with van der Waals surface area (Å²) in [7, 11) is 0. The highest BCUT2D eigenvalue weighted by Gasteiger charge is 2.23. The summed E-state index contributed by atoms with van der Waals surface area (Å²) in [6, 6.07) is 14.9. The van der Waals surface area contributed by atoms with Crippen LogP contribution in [0.5, 0.6) is 0 Å². The predicted molar refractivity (Wildman–Crippen MR) is 131 cm³/mol. The molecule has 0 atom stereocenters. The first-order valence-electron chi connectivity index (χ1n) is 11.7. The number of piperidine rings is 1. The molecule has 4 rings (SSSR count). The van der Waals surface area contributed by atoms with Crippen LogP contribution in [0.3, 0.4) is 0 Å². The lowest BCUT2D eigenvalue weighted by Gasteiger charge is -2.32. The molecule has 0 aliphatic carbocycles. The molecule has 1 fully saturated rings. The van der Waals surface area contributed by atoms with Crippen molar-refractivity contribution < 1.29 is 9.59 Å². The number of carbonyl (C=O) groups excluding carboxylic acids is 2. The van der Waals surface area contributed by atoms with Crippen LogP contribution < -0.4 is 5.32 Å². The first-order valence-corrected chi connectivity index (χ1v) is 11.7. The van der Waals surface area contributed by atoms with Gasteiger partial charge in [-0.3, -0.25) is 9.59 Å². The van der Waals surface area contributed by atoms with Crippen molar-refractivity contribution in [1.29, 1.82) is 0 Å². The van der Waals surface area contributed by atoms with E-state index >= 15 is 0 Å². The standard InChI is InChI=1S/C27H33N3O2/c1-4-30-24-8-6-5-7-22(24)23-18-20(9-11-25(23)30)10-12-26(31)28-21-13-15-29(16-14-21)27(32)17-19(2)3/h5-12,18-19,21H,4,13-17H2,1-3H3,(H,28,31)/b12-10+. The molecule has 1 aromatic heterocycles. The van der Waals surface area contributed by atoms with E-state index in [-0.39, 0.29) is 17.9 Å². The molecule has 5 heteroatoms. The van der Waals surface area contributed by atoms with Gasteiger partial charge in [0.15, 0.2) is 0 Å². The van der Waals surface area contributed by atoms with E-state index in [9.17, 15) is 9.59 Å². The zero-order valence-electron chi connectivity index (χ0n) is 19.3. The Bertz CT molecular complexity index is 1150. The van der Waals surface area contributed by atoms with Crippen molar-refractivity contribution in [1.82, 2.24) is 14.8 Å². The third-order valence-electron chi connectivity index (χ3n) is 6.32. The number of para-hydroxylation sites is 1. The summed E-state index contributed by atoms with van der Waals surface area (Å²) in [6.45, 7) is 8.66. The molecule has 0 unspecified atom stereocenters. The van der Waals surface area contributed by atoms with Gasteiger partial charge in [0.1, 0.15) is 0 Å². The molecule has 2 amide bonds. The van der Waals surface area contributed by atoms with E-state index < -0.39 is 0 Å². The number of nitrogens with one attached hydrogen (secondary N) is 1. The summed E-state index contributed by atoms with van der Waals surface area (Å²) in [4.78, 5) is 26.6. The van der Waals surface area contributed by atoms with Gasteiger partial charge in [0.05, 0.1) is 0 Å². The number of carbonyl (C=O) groups is 2. The maximum absolute atomic E-state index is 12.5. The second-order valence-electron chi connectivity index (χ2n) is 9.13. The Labute approximate surface area is 190 Å². The van der Waals surface area contributed by atoms with Gasteiger partial charge in [-0.05, 0) is 55.5 Å². The van der Waals surface area contributed by atoms with Crippen LogP contribution in [0, 0.1) is 5.92 Å². The van der Waals surface area contributed by atoms with E-state index in [2.05, 4.69) is 73.1 Å². The number of hydrogen-bond acceptors (Lipinski definition) is 2. The van der Waals surface area contributed by atoms with Crippen LogP contribution in [-0.4, -0.2) is 40.4 Å². The number of amides is 2. The molecule has 0 saturated carbocycles. The average Bonchev–Trinajstić information content (AvgIpc) is 3.10. The Balaban J connectivity index is 1.39. The molecule has 32 heavy (non-hydrogen) atoms. The van der Waals surface area contributed by atoms with E-state index in [0.29, 0.717) is 12.3 Å². The van der Waals surface area contributed by atoms with Gasteiger partial charge in [0.2, 0.25) is 11.8 Å². The van der Waals surface area contributed by atoms with Crippen molar-refractivity contribution in [3.63, 3.8) is 0 Å². The topological polar surface area (TPSA) is 54.3 Å². The van der Waals surface area contributed by atoms with Gasteiger partial charge in [0, 0.05) is 60.0 Å². The minimum absolute atomic E-state index is 0.0759. The van der Waals surface area contributed by atoms with E-state index in [1.165, 1.54) is 21.8 Å². The number of hydrogen-bond donors (Lipinski definition) is 1. The number of benzene rings is 2. The first-order chi connectivity index (χ1) is 15.5. The SMILES string of the molecule is CCn1c2ccccc2c2cc(/C=C/C(=O)NC3CCN(C(=O)CC(C)C)CC3)ccc21. The van der Waals surface area contributed by atoms with Gasteiger partial charge in [-0.25, -0.2) is 0 Å². The molecule has 1 N–H and O–H groups in total. The zero-order chi connectivity index (χ0) is 22.7. The number of rotatable bonds is 6. The lowest BCUT2D eigenvalue weighted by Crippen LogP contribution is -2.46. The lowest BCUT2D eigenvalue weighted by atomic mass is 10.0. The van der Waals surface area contributed by atoms with Gasteiger partial charge in [-0.15, -0.1) is 0 Å². The van der Waals surface area contributed by atoms with Crippen molar-refractivity contribution >= 4 is 39.7 Å². The van der Waals surface area contributed by atoms with Crippen LogP contribution >= 0.6 is 0 Å². The normalized spacial score (nSPS) is 15.3. The molecule has 0 radical (unpaired) electrons. The number of aryl methyl sites for hydroxylation is 1. The van der Waals surface area contributed by atoms with Gasteiger partial charge in [0.25, 0.3) is 0 Å². The number of aromatic nitrogens is 1. The highest BCUT2D eigenvalue weighted by Crippen LogP contribution is 2.30. The monoisotopic (exact) mass is 431 g/mol. The maximum atomic E-state index is 12.5. The van der Waals surface area contributed by atoms with Crippen LogP contribution in [0.25, 0.3) is 27.9 Å². The molecule has 2 heterocycles. The Morgan fingerprint density at radius 3 is 2.50 bits per heavy atom.